The van der Waals surface area contributed by atoms with Gasteiger partial charge < -0.3 is 14.9 Å². The quantitative estimate of drug-likeness (QED) is 0.768. The van der Waals surface area contributed by atoms with E-state index in [4.69, 9.17) is 5.11 Å². The second kappa shape index (κ2) is 4.59. The van der Waals surface area contributed by atoms with Crippen molar-refractivity contribution in [2.24, 2.45) is 5.92 Å². The van der Waals surface area contributed by atoms with Crippen LogP contribution in [0.2, 0.25) is 0 Å². The third-order valence-corrected chi connectivity index (χ3v) is 1.62. The second-order valence-electron chi connectivity index (χ2n) is 3.49. The van der Waals surface area contributed by atoms with Crippen LogP contribution < -0.4 is 5.32 Å². The number of carboxylic acid groups (broad SMARTS) is 1. The molecule has 0 atom stereocenters. The molecule has 2 N–H and O–H groups in total. The number of carbonyl (C=O) groups excluding carboxylic acids is 1. The Morgan fingerprint density at radius 2 is 2.27 bits per heavy atom. The Hall–Kier alpha value is -1.85. The van der Waals surface area contributed by atoms with E-state index in [-0.39, 0.29) is 11.5 Å². The van der Waals surface area contributed by atoms with Crippen molar-refractivity contribution in [1.29, 1.82) is 0 Å². The van der Waals surface area contributed by atoms with Crippen LogP contribution in [0.1, 0.15) is 34.9 Å². The first-order valence-corrected chi connectivity index (χ1v) is 4.49. The third kappa shape index (κ3) is 3.08. The van der Waals surface area contributed by atoms with E-state index in [1.54, 1.807) is 0 Å². The summed E-state index contributed by atoms with van der Waals surface area (Å²) < 4.78 is 4.44. The number of aromatic carboxylic acids is 1. The van der Waals surface area contributed by atoms with Gasteiger partial charge in [-0.3, -0.25) is 4.79 Å². The Morgan fingerprint density at radius 3 is 2.73 bits per heavy atom. The first-order valence-electron chi connectivity index (χ1n) is 4.49. The fourth-order valence-electron chi connectivity index (χ4n) is 0.870. The van der Waals surface area contributed by atoms with Gasteiger partial charge in [-0.1, -0.05) is 19.0 Å². The molecule has 0 spiro atoms. The molecular formula is C9H12N2O4. The number of nitrogens with zero attached hydrogens (tertiary/aromatic N) is 1. The van der Waals surface area contributed by atoms with Crippen molar-refractivity contribution in [3.63, 3.8) is 0 Å². The largest absolute Gasteiger partial charge is 0.475 e. The Balaban J connectivity index is 2.62. The Labute approximate surface area is 86.3 Å². The molecule has 6 nitrogen and oxygen atoms in total. The highest BCUT2D eigenvalue weighted by atomic mass is 16.5. The lowest BCUT2D eigenvalue weighted by atomic mass is 10.2. The third-order valence-electron chi connectivity index (χ3n) is 1.62. The van der Waals surface area contributed by atoms with Crippen molar-refractivity contribution in [3.8, 4) is 0 Å². The topological polar surface area (TPSA) is 92.4 Å². The molecule has 0 aliphatic carbocycles. The summed E-state index contributed by atoms with van der Waals surface area (Å²) in [6, 6.07) is 1.10. The summed E-state index contributed by atoms with van der Waals surface area (Å²) in [6.07, 6.45) is 0. The monoisotopic (exact) mass is 212 g/mol. The Bertz CT molecular complexity index is 370. The van der Waals surface area contributed by atoms with E-state index in [1.165, 1.54) is 0 Å². The zero-order chi connectivity index (χ0) is 11.4. The zero-order valence-corrected chi connectivity index (χ0v) is 8.48. The van der Waals surface area contributed by atoms with Crippen LogP contribution in [0.5, 0.6) is 0 Å². The fraction of sp³-hybridized carbons (Fsp3) is 0.444. The molecule has 0 aliphatic rings. The van der Waals surface area contributed by atoms with E-state index >= 15 is 0 Å². The van der Waals surface area contributed by atoms with Crippen molar-refractivity contribution >= 4 is 11.9 Å². The molecule has 1 amide bonds. The average molecular weight is 212 g/mol. The van der Waals surface area contributed by atoms with Gasteiger partial charge in [0, 0.05) is 12.6 Å². The SMILES string of the molecule is CC(C)CNC(=O)c1cc(C(=O)O)on1. The smallest absolute Gasteiger partial charge is 0.374 e. The second-order valence-corrected chi connectivity index (χ2v) is 3.49. The van der Waals surface area contributed by atoms with E-state index in [9.17, 15) is 9.59 Å². The van der Waals surface area contributed by atoms with Crippen LogP contribution in [0.4, 0.5) is 0 Å². The molecule has 0 bridgehead atoms. The summed E-state index contributed by atoms with van der Waals surface area (Å²) in [5.74, 6) is -1.70. The molecule has 0 radical (unpaired) electrons. The molecule has 0 aromatic carbocycles. The van der Waals surface area contributed by atoms with Crippen LogP contribution in [-0.4, -0.2) is 28.7 Å². The highest BCUT2D eigenvalue weighted by Gasteiger charge is 2.16. The van der Waals surface area contributed by atoms with Gasteiger partial charge in [0.15, 0.2) is 5.69 Å². The van der Waals surface area contributed by atoms with Crippen LogP contribution in [0, 0.1) is 5.92 Å². The van der Waals surface area contributed by atoms with E-state index in [1.807, 2.05) is 13.8 Å². The number of amides is 1. The van der Waals surface area contributed by atoms with Gasteiger partial charge >= 0.3 is 5.97 Å². The number of aromatic nitrogens is 1. The molecule has 1 rings (SSSR count). The van der Waals surface area contributed by atoms with Crippen molar-refractivity contribution in [3.05, 3.63) is 17.5 Å². The van der Waals surface area contributed by atoms with Gasteiger partial charge in [0.1, 0.15) is 0 Å². The Kier molecular flexibility index (Phi) is 3.43. The molecule has 1 aromatic rings. The zero-order valence-electron chi connectivity index (χ0n) is 8.48. The fourth-order valence-corrected chi connectivity index (χ4v) is 0.870. The maximum absolute atomic E-state index is 11.4. The summed E-state index contributed by atoms with van der Waals surface area (Å²) in [7, 11) is 0. The van der Waals surface area contributed by atoms with Gasteiger partial charge in [-0.15, -0.1) is 0 Å². The van der Waals surface area contributed by atoms with Gasteiger partial charge in [-0.25, -0.2) is 4.79 Å². The summed E-state index contributed by atoms with van der Waals surface area (Å²) in [5.41, 5.74) is -0.0203. The first kappa shape index (κ1) is 11.2. The molecule has 0 saturated carbocycles. The van der Waals surface area contributed by atoms with Crippen molar-refractivity contribution in [2.45, 2.75) is 13.8 Å². The minimum atomic E-state index is -1.24. The summed E-state index contributed by atoms with van der Waals surface area (Å²) in [6.45, 7) is 4.41. The standard InChI is InChI=1S/C9H12N2O4/c1-5(2)4-10-8(12)6-3-7(9(13)14)15-11-6/h3,5H,4H2,1-2H3,(H,10,12)(H,13,14). The molecule has 6 heteroatoms. The number of hydrogen-bond donors (Lipinski definition) is 2. The number of nitrogens with one attached hydrogen (secondary N) is 1. The van der Waals surface area contributed by atoms with Gasteiger partial charge in [-0.2, -0.15) is 0 Å². The van der Waals surface area contributed by atoms with E-state index in [0.29, 0.717) is 12.5 Å². The molecule has 0 aliphatic heterocycles. The lowest BCUT2D eigenvalue weighted by molar-refractivity contribution is 0.0651. The van der Waals surface area contributed by atoms with Crippen molar-refractivity contribution in [1.82, 2.24) is 10.5 Å². The lowest BCUT2D eigenvalue weighted by Gasteiger charge is -2.04. The van der Waals surface area contributed by atoms with Gasteiger partial charge in [-0.05, 0) is 5.92 Å². The van der Waals surface area contributed by atoms with Crippen LogP contribution in [0.3, 0.4) is 0 Å². The van der Waals surface area contributed by atoms with Gasteiger partial charge in [0.25, 0.3) is 5.91 Å². The average Bonchev–Trinajstić information content (AvgIpc) is 2.62. The van der Waals surface area contributed by atoms with Gasteiger partial charge in [0.05, 0.1) is 0 Å². The molecule has 1 heterocycles. The normalized spacial score (nSPS) is 10.3. The first-order chi connectivity index (χ1) is 7.00. The highest BCUT2D eigenvalue weighted by Crippen LogP contribution is 2.03. The molecule has 0 saturated heterocycles. The predicted molar refractivity (Wildman–Crippen MR) is 50.6 cm³/mol. The van der Waals surface area contributed by atoms with Crippen LogP contribution in [0.25, 0.3) is 0 Å². The molecule has 0 unspecified atom stereocenters. The molecule has 15 heavy (non-hydrogen) atoms. The van der Waals surface area contributed by atoms with Crippen molar-refractivity contribution < 1.29 is 19.2 Å². The minimum absolute atomic E-state index is 0.0203. The minimum Gasteiger partial charge on any atom is -0.475 e. The van der Waals surface area contributed by atoms with Gasteiger partial charge in [0.2, 0.25) is 5.76 Å². The predicted octanol–water partition coefficient (Wildman–Crippen LogP) is 0.759. The van der Waals surface area contributed by atoms with E-state index in [0.717, 1.165) is 6.07 Å². The molecule has 0 fully saturated rings. The number of rotatable bonds is 4. The lowest BCUT2D eigenvalue weighted by Crippen LogP contribution is -2.27. The molecule has 82 valence electrons. The van der Waals surface area contributed by atoms with E-state index in [2.05, 4.69) is 15.0 Å². The number of hydrogen-bond acceptors (Lipinski definition) is 4. The maximum Gasteiger partial charge on any atom is 0.374 e. The summed E-state index contributed by atoms with van der Waals surface area (Å²) >= 11 is 0. The number of carboxylic acids is 1. The van der Waals surface area contributed by atoms with Crippen LogP contribution in [-0.2, 0) is 0 Å². The van der Waals surface area contributed by atoms with Crippen LogP contribution >= 0.6 is 0 Å². The molecular weight excluding hydrogens is 200 g/mol. The Morgan fingerprint density at radius 1 is 1.60 bits per heavy atom. The van der Waals surface area contributed by atoms with E-state index < -0.39 is 11.9 Å². The maximum atomic E-state index is 11.4. The summed E-state index contributed by atoms with van der Waals surface area (Å²) in [5, 5.41) is 14.5. The van der Waals surface area contributed by atoms with Crippen LogP contribution in [0.15, 0.2) is 10.6 Å². The summed E-state index contributed by atoms with van der Waals surface area (Å²) in [4.78, 5) is 21.8. The van der Waals surface area contributed by atoms with Crippen molar-refractivity contribution in [2.75, 3.05) is 6.54 Å². The highest BCUT2D eigenvalue weighted by molar-refractivity contribution is 5.94. The number of carbonyl (C=O) groups is 2. The molecule has 1 aromatic heterocycles.